The lowest BCUT2D eigenvalue weighted by atomic mass is 10.2. The van der Waals surface area contributed by atoms with E-state index >= 15 is 0 Å². The first-order valence-corrected chi connectivity index (χ1v) is 9.19. The number of amides is 1. The highest BCUT2D eigenvalue weighted by Crippen LogP contribution is 2.24. The SMILES string of the molecule is Cc1ccc(CN[C@@H]2CCN(c3nc(C(=O)N(C)C)nc(C)c3C)C2)nn1. The highest BCUT2D eigenvalue weighted by Gasteiger charge is 2.26. The Morgan fingerprint density at radius 2 is 2.00 bits per heavy atom. The molecule has 27 heavy (non-hydrogen) atoms. The number of hydrogen-bond donors (Lipinski definition) is 1. The normalized spacial score (nSPS) is 16.6. The molecule has 0 aromatic carbocycles. The second-order valence-corrected chi connectivity index (χ2v) is 7.26. The zero-order valence-corrected chi connectivity index (χ0v) is 16.7. The van der Waals surface area contributed by atoms with Gasteiger partial charge in [-0.1, -0.05) is 0 Å². The van der Waals surface area contributed by atoms with E-state index in [1.54, 1.807) is 14.1 Å². The largest absolute Gasteiger partial charge is 0.355 e. The average Bonchev–Trinajstić information content (AvgIpc) is 3.11. The van der Waals surface area contributed by atoms with Crippen LogP contribution in [0.1, 0.15) is 39.7 Å². The van der Waals surface area contributed by atoms with Crippen molar-refractivity contribution in [3.8, 4) is 0 Å². The van der Waals surface area contributed by atoms with Gasteiger partial charge in [0, 0.05) is 51.0 Å². The number of carbonyl (C=O) groups is 1. The van der Waals surface area contributed by atoms with Crippen LogP contribution in [0, 0.1) is 20.8 Å². The third-order valence-corrected chi connectivity index (χ3v) is 4.87. The summed E-state index contributed by atoms with van der Waals surface area (Å²) in [6.45, 7) is 8.29. The molecule has 1 aliphatic heterocycles. The van der Waals surface area contributed by atoms with Gasteiger partial charge in [-0.05, 0) is 39.3 Å². The number of aromatic nitrogens is 4. The summed E-state index contributed by atoms with van der Waals surface area (Å²) in [4.78, 5) is 25.0. The number of carbonyl (C=O) groups excluding carboxylic acids is 1. The molecule has 0 aliphatic carbocycles. The number of nitrogens with one attached hydrogen (secondary N) is 1. The minimum Gasteiger partial charge on any atom is -0.355 e. The summed E-state index contributed by atoms with van der Waals surface area (Å²) in [5, 5.41) is 11.8. The predicted molar refractivity (Wildman–Crippen MR) is 104 cm³/mol. The Labute approximate surface area is 160 Å². The summed E-state index contributed by atoms with van der Waals surface area (Å²) in [7, 11) is 3.43. The number of nitrogens with zero attached hydrogens (tertiary/aromatic N) is 6. The minimum absolute atomic E-state index is 0.175. The van der Waals surface area contributed by atoms with E-state index < -0.39 is 0 Å². The van der Waals surface area contributed by atoms with E-state index in [9.17, 15) is 4.79 Å². The van der Waals surface area contributed by atoms with Crippen LogP contribution in [0.5, 0.6) is 0 Å². The van der Waals surface area contributed by atoms with Crippen molar-refractivity contribution >= 4 is 11.7 Å². The van der Waals surface area contributed by atoms with E-state index in [4.69, 9.17) is 0 Å². The molecule has 1 N–H and O–H groups in total. The van der Waals surface area contributed by atoms with Crippen molar-refractivity contribution in [2.45, 2.75) is 39.8 Å². The second-order valence-electron chi connectivity index (χ2n) is 7.26. The minimum atomic E-state index is -0.175. The lowest BCUT2D eigenvalue weighted by molar-refractivity contribution is 0.0815. The van der Waals surface area contributed by atoms with Gasteiger partial charge >= 0.3 is 0 Å². The Kier molecular flexibility index (Phi) is 5.65. The number of hydrogen-bond acceptors (Lipinski definition) is 7. The van der Waals surface area contributed by atoms with Crippen LogP contribution in [-0.2, 0) is 6.54 Å². The predicted octanol–water partition coefficient (Wildman–Crippen LogP) is 1.26. The fraction of sp³-hybridized carbons (Fsp3) is 0.526. The zero-order valence-electron chi connectivity index (χ0n) is 16.7. The van der Waals surface area contributed by atoms with Gasteiger partial charge in [-0.2, -0.15) is 10.2 Å². The molecule has 1 aliphatic rings. The summed E-state index contributed by atoms with van der Waals surface area (Å²) >= 11 is 0. The average molecular weight is 369 g/mol. The third-order valence-electron chi connectivity index (χ3n) is 4.87. The van der Waals surface area contributed by atoms with Crippen molar-refractivity contribution in [1.29, 1.82) is 0 Å². The third kappa shape index (κ3) is 4.39. The summed E-state index contributed by atoms with van der Waals surface area (Å²) in [6, 6.07) is 4.32. The molecule has 1 amide bonds. The summed E-state index contributed by atoms with van der Waals surface area (Å²) in [5.41, 5.74) is 3.72. The Morgan fingerprint density at radius 3 is 2.67 bits per heavy atom. The fourth-order valence-corrected chi connectivity index (χ4v) is 3.11. The van der Waals surface area contributed by atoms with E-state index in [2.05, 4.69) is 30.4 Å². The van der Waals surface area contributed by atoms with Crippen molar-refractivity contribution in [2.24, 2.45) is 0 Å². The smallest absolute Gasteiger partial charge is 0.291 e. The van der Waals surface area contributed by atoms with Crippen molar-refractivity contribution in [2.75, 3.05) is 32.1 Å². The number of rotatable bonds is 5. The molecule has 3 rings (SSSR count). The van der Waals surface area contributed by atoms with E-state index in [1.165, 1.54) is 4.90 Å². The molecular weight excluding hydrogens is 342 g/mol. The quantitative estimate of drug-likeness (QED) is 0.849. The van der Waals surface area contributed by atoms with E-state index in [0.29, 0.717) is 12.6 Å². The van der Waals surface area contributed by atoms with Gasteiger partial charge < -0.3 is 15.1 Å². The van der Waals surface area contributed by atoms with Gasteiger partial charge in [0.15, 0.2) is 0 Å². The van der Waals surface area contributed by atoms with Crippen LogP contribution in [0.4, 0.5) is 5.82 Å². The fourth-order valence-electron chi connectivity index (χ4n) is 3.11. The Balaban J connectivity index is 1.69. The summed E-state index contributed by atoms with van der Waals surface area (Å²) in [5.74, 6) is 0.933. The van der Waals surface area contributed by atoms with Crippen molar-refractivity contribution in [3.63, 3.8) is 0 Å². The zero-order chi connectivity index (χ0) is 19.6. The molecule has 0 saturated carbocycles. The molecule has 0 bridgehead atoms. The summed E-state index contributed by atoms with van der Waals surface area (Å²) < 4.78 is 0. The van der Waals surface area contributed by atoms with Crippen LogP contribution in [-0.4, -0.2) is 64.2 Å². The van der Waals surface area contributed by atoms with Crippen LogP contribution in [0.3, 0.4) is 0 Å². The first kappa shape index (κ1) is 19.2. The van der Waals surface area contributed by atoms with Gasteiger partial charge in [0.25, 0.3) is 5.91 Å². The van der Waals surface area contributed by atoms with Crippen molar-refractivity contribution in [1.82, 2.24) is 30.4 Å². The first-order chi connectivity index (χ1) is 12.8. The van der Waals surface area contributed by atoms with Gasteiger partial charge in [-0.15, -0.1) is 0 Å². The number of anilines is 1. The maximum atomic E-state index is 12.3. The topological polar surface area (TPSA) is 87.1 Å². The maximum absolute atomic E-state index is 12.3. The van der Waals surface area contributed by atoms with Crippen molar-refractivity contribution < 1.29 is 4.79 Å². The van der Waals surface area contributed by atoms with Gasteiger partial charge in [0.05, 0.1) is 11.4 Å². The Hall–Kier alpha value is -2.61. The Bertz CT molecular complexity index is 820. The molecule has 2 aromatic heterocycles. The molecule has 144 valence electrons. The molecule has 8 nitrogen and oxygen atoms in total. The molecule has 3 heterocycles. The molecule has 0 unspecified atom stereocenters. The molecule has 8 heteroatoms. The van der Waals surface area contributed by atoms with Gasteiger partial charge in [-0.3, -0.25) is 4.79 Å². The van der Waals surface area contributed by atoms with Crippen LogP contribution in [0.2, 0.25) is 0 Å². The lowest BCUT2D eigenvalue weighted by Crippen LogP contribution is -2.33. The highest BCUT2D eigenvalue weighted by atomic mass is 16.2. The lowest BCUT2D eigenvalue weighted by Gasteiger charge is -2.22. The highest BCUT2D eigenvalue weighted by molar-refractivity contribution is 5.90. The molecule has 0 radical (unpaired) electrons. The van der Waals surface area contributed by atoms with Crippen LogP contribution >= 0.6 is 0 Å². The first-order valence-electron chi connectivity index (χ1n) is 9.19. The summed E-state index contributed by atoms with van der Waals surface area (Å²) in [6.07, 6.45) is 1.01. The van der Waals surface area contributed by atoms with Crippen LogP contribution in [0.25, 0.3) is 0 Å². The molecule has 1 saturated heterocycles. The second kappa shape index (κ2) is 7.96. The van der Waals surface area contributed by atoms with E-state index in [1.807, 2.05) is 32.9 Å². The monoisotopic (exact) mass is 369 g/mol. The standard InChI is InChI=1S/C19H27N7O/c1-12-6-7-15(24-23-12)10-20-16-8-9-26(11-16)18-13(2)14(3)21-17(22-18)19(27)25(4)5/h6-7,16,20H,8-11H2,1-5H3/t16-/m1/s1. The molecule has 1 fully saturated rings. The molecular formula is C19H27N7O. The molecule has 2 aromatic rings. The van der Waals surface area contributed by atoms with Crippen LogP contribution < -0.4 is 10.2 Å². The van der Waals surface area contributed by atoms with E-state index in [-0.39, 0.29) is 11.7 Å². The van der Waals surface area contributed by atoms with Gasteiger partial charge in [0.1, 0.15) is 5.82 Å². The van der Waals surface area contributed by atoms with Gasteiger partial charge in [0.2, 0.25) is 5.82 Å². The van der Waals surface area contributed by atoms with Crippen LogP contribution in [0.15, 0.2) is 12.1 Å². The maximum Gasteiger partial charge on any atom is 0.291 e. The number of aryl methyl sites for hydroxylation is 2. The molecule has 0 spiro atoms. The Morgan fingerprint density at radius 1 is 1.22 bits per heavy atom. The van der Waals surface area contributed by atoms with Gasteiger partial charge in [-0.25, -0.2) is 9.97 Å². The van der Waals surface area contributed by atoms with Crippen molar-refractivity contribution in [3.05, 3.63) is 40.6 Å². The molecule has 1 atom stereocenters. The van der Waals surface area contributed by atoms with E-state index in [0.717, 1.165) is 48.0 Å².